The van der Waals surface area contributed by atoms with Gasteiger partial charge in [0.1, 0.15) is 5.82 Å². The van der Waals surface area contributed by atoms with Crippen LogP contribution in [0.1, 0.15) is 22.1 Å². The van der Waals surface area contributed by atoms with E-state index in [4.69, 9.17) is 5.73 Å². The Balaban J connectivity index is 2.11. The monoisotopic (exact) mass is 220 g/mol. The van der Waals surface area contributed by atoms with Crippen LogP contribution in [-0.4, -0.2) is 15.0 Å². The molecule has 0 aliphatic rings. The van der Waals surface area contributed by atoms with E-state index in [2.05, 4.69) is 15.0 Å². The lowest BCUT2D eigenvalue weighted by Gasteiger charge is -1.98. The van der Waals surface area contributed by atoms with Crippen molar-refractivity contribution in [3.63, 3.8) is 0 Å². The van der Waals surface area contributed by atoms with Crippen molar-refractivity contribution < 1.29 is 0 Å². The first-order valence-electron chi connectivity index (χ1n) is 4.69. The number of rotatable bonds is 3. The number of hydrogen-bond acceptors (Lipinski definition) is 5. The summed E-state index contributed by atoms with van der Waals surface area (Å²) in [7, 11) is 0. The maximum atomic E-state index is 5.47. The van der Waals surface area contributed by atoms with Gasteiger partial charge in [0.05, 0.1) is 17.1 Å². The molecule has 2 aromatic rings. The van der Waals surface area contributed by atoms with E-state index >= 15 is 0 Å². The van der Waals surface area contributed by atoms with E-state index in [-0.39, 0.29) is 0 Å². The summed E-state index contributed by atoms with van der Waals surface area (Å²) in [5.74, 6) is 0.789. The molecule has 0 fully saturated rings. The van der Waals surface area contributed by atoms with Crippen LogP contribution >= 0.6 is 11.3 Å². The molecule has 0 aromatic carbocycles. The van der Waals surface area contributed by atoms with Crippen LogP contribution in [0.4, 0.5) is 0 Å². The highest BCUT2D eigenvalue weighted by Gasteiger charge is 2.02. The molecular weight excluding hydrogens is 208 g/mol. The lowest BCUT2D eigenvalue weighted by molar-refractivity contribution is 0.909. The van der Waals surface area contributed by atoms with Gasteiger partial charge >= 0.3 is 0 Å². The minimum absolute atomic E-state index is 0.482. The van der Waals surface area contributed by atoms with Gasteiger partial charge < -0.3 is 5.73 Å². The van der Waals surface area contributed by atoms with E-state index in [0.29, 0.717) is 13.0 Å². The second-order valence-corrected chi connectivity index (χ2v) is 4.31. The zero-order chi connectivity index (χ0) is 10.7. The Labute approximate surface area is 92.2 Å². The summed E-state index contributed by atoms with van der Waals surface area (Å²) in [5.41, 5.74) is 7.44. The van der Waals surface area contributed by atoms with Gasteiger partial charge in [0.15, 0.2) is 0 Å². The second kappa shape index (κ2) is 4.46. The minimum atomic E-state index is 0.482. The standard InChI is InChI=1S/C10H12N4S/c1-7-14-9(6-15-7)2-10-12-4-8(3-11)5-13-10/h4-6H,2-3,11H2,1H3. The van der Waals surface area contributed by atoms with Gasteiger partial charge in [-0.2, -0.15) is 0 Å². The van der Waals surface area contributed by atoms with E-state index < -0.39 is 0 Å². The van der Waals surface area contributed by atoms with E-state index in [1.165, 1.54) is 0 Å². The van der Waals surface area contributed by atoms with Gasteiger partial charge in [-0.05, 0) is 6.92 Å². The third-order valence-corrected chi connectivity index (χ3v) is 2.82. The van der Waals surface area contributed by atoms with Crippen LogP contribution < -0.4 is 5.73 Å². The molecule has 0 saturated carbocycles. The maximum Gasteiger partial charge on any atom is 0.134 e. The zero-order valence-electron chi connectivity index (χ0n) is 8.47. The zero-order valence-corrected chi connectivity index (χ0v) is 9.29. The molecule has 2 heterocycles. The number of hydrogen-bond donors (Lipinski definition) is 1. The summed E-state index contributed by atoms with van der Waals surface area (Å²) < 4.78 is 0. The predicted octanol–water partition coefficient (Wildman–Crippen LogP) is 1.29. The number of thiazole rings is 1. The van der Waals surface area contributed by atoms with Crippen molar-refractivity contribution in [2.45, 2.75) is 19.9 Å². The summed E-state index contributed by atoms with van der Waals surface area (Å²) >= 11 is 1.64. The molecule has 2 rings (SSSR count). The summed E-state index contributed by atoms with van der Waals surface area (Å²) in [4.78, 5) is 12.8. The van der Waals surface area contributed by atoms with Gasteiger partial charge in [-0.1, -0.05) is 0 Å². The van der Waals surface area contributed by atoms with Crippen LogP contribution in [0.5, 0.6) is 0 Å². The summed E-state index contributed by atoms with van der Waals surface area (Å²) in [6, 6.07) is 0. The molecule has 0 aliphatic heterocycles. The lowest BCUT2D eigenvalue weighted by Crippen LogP contribution is -2.01. The van der Waals surface area contributed by atoms with E-state index in [0.717, 1.165) is 22.1 Å². The van der Waals surface area contributed by atoms with Crippen molar-refractivity contribution in [1.29, 1.82) is 0 Å². The van der Waals surface area contributed by atoms with Crippen LogP contribution in [0.25, 0.3) is 0 Å². The first-order valence-corrected chi connectivity index (χ1v) is 5.57. The van der Waals surface area contributed by atoms with Crippen molar-refractivity contribution in [1.82, 2.24) is 15.0 Å². The molecule has 78 valence electrons. The van der Waals surface area contributed by atoms with E-state index in [9.17, 15) is 0 Å². The van der Waals surface area contributed by atoms with Gasteiger partial charge in [-0.3, -0.25) is 0 Å². The highest BCUT2D eigenvalue weighted by Crippen LogP contribution is 2.10. The molecule has 0 aliphatic carbocycles. The van der Waals surface area contributed by atoms with Crippen molar-refractivity contribution in [3.05, 3.63) is 39.9 Å². The molecule has 0 spiro atoms. The molecule has 2 N–H and O–H groups in total. The lowest BCUT2D eigenvalue weighted by atomic mass is 10.3. The highest BCUT2D eigenvalue weighted by molar-refractivity contribution is 7.09. The largest absolute Gasteiger partial charge is 0.326 e. The fourth-order valence-electron chi connectivity index (χ4n) is 1.23. The fraction of sp³-hybridized carbons (Fsp3) is 0.300. The molecule has 0 saturated heterocycles. The van der Waals surface area contributed by atoms with E-state index in [1.807, 2.05) is 12.3 Å². The van der Waals surface area contributed by atoms with Crippen LogP contribution in [0.15, 0.2) is 17.8 Å². The first-order chi connectivity index (χ1) is 7.28. The molecule has 0 bridgehead atoms. The molecule has 2 aromatic heterocycles. The molecule has 5 heteroatoms. The topological polar surface area (TPSA) is 64.7 Å². The number of aryl methyl sites for hydroxylation is 1. The van der Waals surface area contributed by atoms with E-state index in [1.54, 1.807) is 23.7 Å². The van der Waals surface area contributed by atoms with Crippen molar-refractivity contribution >= 4 is 11.3 Å². The Morgan fingerprint density at radius 3 is 2.60 bits per heavy atom. The highest BCUT2D eigenvalue weighted by atomic mass is 32.1. The van der Waals surface area contributed by atoms with Gasteiger partial charge in [-0.15, -0.1) is 11.3 Å². The normalized spacial score (nSPS) is 10.5. The molecule has 0 radical (unpaired) electrons. The average Bonchev–Trinajstić information content (AvgIpc) is 2.65. The van der Waals surface area contributed by atoms with Crippen LogP contribution in [0.3, 0.4) is 0 Å². The molecular formula is C10H12N4S. The Kier molecular flexibility index (Phi) is 3.03. The number of nitrogens with zero attached hydrogens (tertiary/aromatic N) is 3. The predicted molar refractivity (Wildman–Crippen MR) is 59.6 cm³/mol. The fourth-order valence-corrected chi connectivity index (χ4v) is 1.84. The minimum Gasteiger partial charge on any atom is -0.326 e. The molecule has 15 heavy (non-hydrogen) atoms. The number of nitrogens with two attached hydrogens (primary N) is 1. The summed E-state index contributed by atoms with van der Waals surface area (Å²) in [5, 5.41) is 3.11. The third kappa shape index (κ3) is 2.57. The number of aromatic nitrogens is 3. The Morgan fingerprint density at radius 1 is 1.33 bits per heavy atom. The Hall–Kier alpha value is -1.33. The first kappa shape index (κ1) is 10.2. The SMILES string of the molecule is Cc1nc(Cc2ncc(CN)cn2)cs1. The van der Waals surface area contributed by atoms with Gasteiger partial charge in [0.2, 0.25) is 0 Å². The smallest absolute Gasteiger partial charge is 0.134 e. The van der Waals surface area contributed by atoms with Gasteiger partial charge in [0, 0.05) is 29.9 Å². The molecule has 0 amide bonds. The Bertz CT molecular complexity index is 435. The van der Waals surface area contributed by atoms with Crippen molar-refractivity contribution in [3.8, 4) is 0 Å². The van der Waals surface area contributed by atoms with Crippen molar-refractivity contribution in [2.75, 3.05) is 0 Å². The van der Waals surface area contributed by atoms with Crippen LogP contribution in [-0.2, 0) is 13.0 Å². The summed E-state index contributed by atoms with van der Waals surface area (Å²) in [6.07, 6.45) is 4.22. The molecule has 0 atom stereocenters. The second-order valence-electron chi connectivity index (χ2n) is 3.25. The average molecular weight is 220 g/mol. The Morgan fingerprint density at radius 2 is 2.07 bits per heavy atom. The van der Waals surface area contributed by atoms with Crippen LogP contribution in [0.2, 0.25) is 0 Å². The van der Waals surface area contributed by atoms with Crippen molar-refractivity contribution in [2.24, 2.45) is 5.73 Å². The molecule has 0 unspecified atom stereocenters. The third-order valence-electron chi connectivity index (χ3n) is 2.00. The maximum absolute atomic E-state index is 5.47. The van der Waals surface area contributed by atoms with Gasteiger partial charge in [0.25, 0.3) is 0 Å². The summed E-state index contributed by atoms with van der Waals surface area (Å²) in [6.45, 7) is 2.47. The quantitative estimate of drug-likeness (QED) is 0.846. The van der Waals surface area contributed by atoms with Crippen LogP contribution in [0, 0.1) is 6.92 Å². The molecule has 4 nitrogen and oxygen atoms in total. The van der Waals surface area contributed by atoms with Gasteiger partial charge in [-0.25, -0.2) is 15.0 Å².